The van der Waals surface area contributed by atoms with Crippen molar-refractivity contribution >= 4 is 5.78 Å². The van der Waals surface area contributed by atoms with E-state index in [0.717, 1.165) is 0 Å². The van der Waals surface area contributed by atoms with Crippen molar-refractivity contribution < 1.29 is 13.9 Å². The van der Waals surface area contributed by atoms with Crippen LogP contribution in [0.15, 0.2) is 41.5 Å². The molecule has 0 aliphatic carbocycles. The van der Waals surface area contributed by atoms with Crippen LogP contribution in [0, 0.1) is 0 Å². The highest BCUT2D eigenvalue weighted by Crippen LogP contribution is 2.14. The first-order valence-electron chi connectivity index (χ1n) is 4.37. The van der Waals surface area contributed by atoms with Gasteiger partial charge in [0.25, 0.3) is 0 Å². The van der Waals surface area contributed by atoms with Crippen molar-refractivity contribution in [2.24, 2.45) is 0 Å². The number of ether oxygens (including phenoxy) is 1. The largest absolute Gasteiger partial charge is 0.495 e. The van der Waals surface area contributed by atoms with Gasteiger partial charge in [0, 0.05) is 11.8 Å². The number of pyridine rings is 1. The average molecular weight is 203 g/mol. The van der Waals surface area contributed by atoms with Gasteiger partial charge in [-0.15, -0.1) is 0 Å². The topological polar surface area (TPSA) is 52.3 Å². The maximum atomic E-state index is 11.8. The molecule has 0 saturated heterocycles. The molecule has 0 radical (unpaired) electrons. The van der Waals surface area contributed by atoms with E-state index in [-0.39, 0.29) is 5.78 Å². The van der Waals surface area contributed by atoms with Gasteiger partial charge in [-0.2, -0.15) is 0 Å². The molecular formula is C11H9NO3. The number of hydrogen-bond acceptors (Lipinski definition) is 4. The van der Waals surface area contributed by atoms with Crippen LogP contribution < -0.4 is 4.74 Å². The van der Waals surface area contributed by atoms with E-state index in [0.29, 0.717) is 16.9 Å². The summed E-state index contributed by atoms with van der Waals surface area (Å²) >= 11 is 0. The Kier molecular flexibility index (Phi) is 2.49. The maximum absolute atomic E-state index is 11.8. The van der Waals surface area contributed by atoms with E-state index < -0.39 is 0 Å². The van der Waals surface area contributed by atoms with Crippen molar-refractivity contribution in [3.05, 3.63) is 48.2 Å². The molecule has 0 amide bonds. The lowest BCUT2D eigenvalue weighted by molar-refractivity contribution is 0.103. The maximum Gasteiger partial charge on any atom is 0.197 e. The summed E-state index contributed by atoms with van der Waals surface area (Å²) in [5.41, 5.74) is 0.987. The second-order valence-corrected chi connectivity index (χ2v) is 2.95. The fourth-order valence-corrected chi connectivity index (χ4v) is 1.21. The quantitative estimate of drug-likeness (QED) is 0.715. The Balaban J connectivity index is 2.34. The smallest absolute Gasteiger partial charge is 0.197 e. The molecule has 0 bridgehead atoms. The highest BCUT2D eigenvalue weighted by molar-refractivity contribution is 6.08. The number of aromatic nitrogens is 1. The van der Waals surface area contributed by atoms with Crippen LogP contribution in [0.4, 0.5) is 0 Å². The zero-order valence-corrected chi connectivity index (χ0v) is 8.14. The van der Waals surface area contributed by atoms with Gasteiger partial charge in [0.15, 0.2) is 5.78 Å². The molecule has 0 saturated carbocycles. The summed E-state index contributed by atoms with van der Waals surface area (Å²) in [4.78, 5) is 15.7. The Morgan fingerprint density at radius 3 is 2.93 bits per heavy atom. The number of nitrogens with zero attached hydrogens (tertiary/aromatic N) is 1. The molecular weight excluding hydrogens is 194 g/mol. The van der Waals surface area contributed by atoms with E-state index in [1.807, 2.05) is 0 Å². The molecule has 0 aliphatic rings. The fraction of sp³-hybridized carbons (Fsp3) is 0.0909. The zero-order chi connectivity index (χ0) is 10.7. The summed E-state index contributed by atoms with van der Waals surface area (Å²) in [5, 5.41) is 0. The van der Waals surface area contributed by atoms with Gasteiger partial charge >= 0.3 is 0 Å². The van der Waals surface area contributed by atoms with Crippen LogP contribution in [0.3, 0.4) is 0 Å². The summed E-state index contributed by atoms with van der Waals surface area (Å²) in [6.45, 7) is 0. The molecule has 2 heterocycles. The SMILES string of the molecule is COc1cncc(C(=O)c2ccoc2)c1. The first kappa shape index (κ1) is 9.45. The lowest BCUT2D eigenvalue weighted by Crippen LogP contribution is -2.00. The third-order valence-corrected chi connectivity index (χ3v) is 1.99. The molecule has 0 atom stereocenters. The van der Waals surface area contributed by atoms with E-state index in [9.17, 15) is 4.79 Å². The third-order valence-electron chi connectivity index (χ3n) is 1.99. The van der Waals surface area contributed by atoms with Crippen molar-refractivity contribution in [3.8, 4) is 5.75 Å². The Hall–Kier alpha value is -2.10. The monoisotopic (exact) mass is 203 g/mol. The molecule has 0 unspecified atom stereocenters. The van der Waals surface area contributed by atoms with Gasteiger partial charge in [0.1, 0.15) is 12.0 Å². The number of rotatable bonds is 3. The number of hydrogen-bond donors (Lipinski definition) is 0. The van der Waals surface area contributed by atoms with Crippen LogP contribution in [0.25, 0.3) is 0 Å². The highest BCUT2D eigenvalue weighted by Gasteiger charge is 2.11. The molecule has 2 aromatic rings. The summed E-state index contributed by atoms with van der Waals surface area (Å²) in [6.07, 6.45) is 5.91. The van der Waals surface area contributed by atoms with Crippen LogP contribution >= 0.6 is 0 Å². The molecule has 15 heavy (non-hydrogen) atoms. The Morgan fingerprint density at radius 1 is 1.40 bits per heavy atom. The van der Waals surface area contributed by atoms with E-state index in [2.05, 4.69) is 4.98 Å². The molecule has 2 aromatic heterocycles. The van der Waals surface area contributed by atoms with Crippen molar-refractivity contribution in [1.29, 1.82) is 0 Å². The summed E-state index contributed by atoms with van der Waals surface area (Å²) in [5.74, 6) is 0.430. The van der Waals surface area contributed by atoms with Gasteiger partial charge in [0.2, 0.25) is 0 Å². The van der Waals surface area contributed by atoms with Crippen LogP contribution in [0.5, 0.6) is 5.75 Å². The van der Waals surface area contributed by atoms with Gasteiger partial charge in [0.05, 0.1) is 25.1 Å². The van der Waals surface area contributed by atoms with Gasteiger partial charge in [-0.3, -0.25) is 9.78 Å². The van der Waals surface area contributed by atoms with Crippen molar-refractivity contribution in [3.63, 3.8) is 0 Å². The van der Waals surface area contributed by atoms with E-state index in [1.165, 1.54) is 25.8 Å². The third kappa shape index (κ3) is 1.88. The molecule has 4 nitrogen and oxygen atoms in total. The Bertz CT molecular complexity index is 462. The van der Waals surface area contributed by atoms with E-state index >= 15 is 0 Å². The highest BCUT2D eigenvalue weighted by atomic mass is 16.5. The molecule has 0 N–H and O–H groups in total. The van der Waals surface area contributed by atoms with Gasteiger partial charge in [-0.1, -0.05) is 0 Å². The van der Waals surface area contributed by atoms with Crippen molar-refractivity contribution in [2.45, 2.75) is 0 Å². The zero-order valence-electron chi connectivity index (χ0n) is 8.14. The standard InChI is InChI=1S/C11H9NO3/c1-14-10-4-9(5-12-6-10)11(13)8-2-3-15-7-8/h2-7H,1H3. The molecule has 4 heteroatoms. The lowest BCUT2D eigenvalue weighted by atomic mass is 10.1. The predicted octanol–water partition coefficient (Wildman–Crippen LogP) is 1.91. The Labute approximate surface area is 86.5 Å². The molecule has 0 fully saturated rings. The summed E-state index contributed by atoms with van der Waals surface area (Å²) in [7, 11) is 1.53. The van der Waals surface area contributed by atoms with Gasteiger partial charge in [-0.05, 0) is 12.1 Å². The minimum Gasteiger partial charge on any atom is -0.495 e. The van der Waals surface area contributed by atoms with Crippen molar-refractivity contribution in [1.82, 2.24) is 4.98 Å². The normalized spacial score (nSPS) is 9.93. The minimum absolute atomic E-state index is 0.129. The summed E-state index contributed by atoms with van der Waals surface area (Å²) < 4.78 is 9.83. The van der Waals surface area contributed by atoms with E-state index in [4.69, 9.17) is 9.15 Å². The van der Waals surface area contributed by atoms with Gasteiger partial charge in [-0.25, -0.2) is 0 Å². The molecule has 0 spiro atoms. The van der Waals surface area contributed by atoms with Crippen LogP contribution in [0.2, 0.25) is 0 Å². The molecule has 0 aliphatic heterocycles. The molecule has 0 aromatic carbocycles. The number of methoxy groups -OCH3 is 1. The second kappa shape index (κ2) is 3.96. The summed E-state index contributed by atoms with van der Waals surface area (Å²) in [6, 6.07) is 3.25. The molecule has 76 valence electrons. The van der Waals surface area contributed by atoms with Crippen LogP contribution in [0.1, 0.15) is 15.9 Å². The fourth-order valence-electron chi connectivity index (χ4n) is 1.21. The Morgan fingerprint density at radius 2 is 2.27 bits per heavy atom. The molecule has 2 rings (SSSR count). The number of furan rings is 1. The van der Waals surface area contributed by atoms with Crippen molar-refractivity contribution in [2.75, 3.05) is 7.11 Å². The first-order valence-corrected chi connectivity index (χ1v) is 4.37. The first-order chi connectivity index (χ1) is 7.31. The number of carbonyl (C=O) groups is 1. The lowest BCUT2D eigenvalue weighted by Gasteiger charge is -2.01. The number of ketones is 1. The van der Waals surface area contributed by atoms with Crippen LogP contribution in [-0.4, -0.2) is 17.9 Å². The van der Waals surface area contributed by atoms with Gasteiger partial charge < -0.3 is 9.15 Å². The average Bonchev–Trinajstić information content (AvgIpc) is 2.81. The van der Waals surface area contributed by atoms with Crippen LogP contribution in [-0.2, 0) is 0 Å². The second-order valence-electron chi connectivity index (χ2n) is 2.95. The number of carbonyl (C=O) groups excluding carboxylic acids is 1. The van der Waals surface area contributed by atoms with E-state index in [1.54, 1.807) is 18.3 Å². The predicted molar refractivity (Wildman–Crippen MR) is 52.9 cm³/mol. The minimum atomic E-state index is -0.129.